The maximum atomic E-state index is 8.91. The van der Waals surface area contributed by atoms with Crippen molar-refractivity contribution in [1.29, 1.82) is 0 Å². The van der Waals surface area contributed by atoms with Crippen molar-refractivity contribution in [3.63, 3.8) is 0 Å². The van der Waals surface area contributed by atoms with Gasteiger partial charge < -0.3 is 14.6 Å². The molecule has 1 saturated heterocycles. The van der Waals surface area contributed by atoms with Gasteiger partial charge in [-0.2, -0.15) is 0 Å². The molecule has 1 N–H and O–H groups in total. The zero-order chi connectivity index (χ0) is 6.74. The molecule has 0 amide bonds. The van der Waals surface area contributed by atoms with Crippen LogP contribution in [0.15, 0.2) is 0 Å². The molecule has 9 heavy (non-hydrogen) atoms. The van der Waals surface area contributed by atoms with E-state index in [0.717, 1.165) is 12.8 Å². The monoisotopic (exact) mass is 132 g/mol. The van der Waals surface area contributed by atoms with E-state index in [0.29, 0.717) is 13.2 Å². The van der Waals surface area contributed by atoms with Gasteiger partial charge in [-0.25, -0.2) is 0 Å². The minimum atomic E-state index is -1.20. The van der Waals surface area contributed by atoms with Crippen LogP contribution in [0.25, 0.3) is 0 Å². The van der Waals surface area contributed by atoms with Crippen molar-refractivity contribution in [3.05, 3.63) is 0 Å². The van der Waals surface area contributed by atoms with Crippen molar-refractivity contribution < 1.29 is 14.6 Å². The predicted octanol–water partition coefficient (Wildman–Crippen LogP) is 0.479. The normalized spacial score (nSPS) is 32.7. The summed E-state index contributed by atoms with van der Waals surface area (Å²) in [5, 5.41) is 8.91. The Kier molecular flexibility index (Phi) is 2.05. The number of aliphatic hydroxyl groups is 1. The van der Waals surface area contributed by atoms with Crippen molar-refractivity contribution in [2.24, 2.45) is 0 Å². The van der Waals surface area contributed by atoms with Crippen molar-refractivity contribution in [1.82, 2.24) is 0 Å². The van der Waals surface area contributed by atoms with Crippen LogP contribution in [0.2, 0.25) is 0 Å². The zero-order valence-corrected chi connectivity index (χ0v) is 5.59. The Morgan fingerprint density at radius 1 is 1.78 bits per heavy atom. The average Bonchev–Trinajstić information content (AvgIpc) is 2.50. The van der Waals surface area contributed by atoms with Crippen molar-refractivity contribution >= 4 is 0 Å². The number of rotatable bonds is 4. The van der Waals surface area contributed by atoms with E-state index < -0.39 is 5.97 Å². The van der Waals surface area contributed by atoms with Gasteiger partial charge in [0.25, 0.3) is 0 Å². The molecule has 1 unspecified atom stereocenters. The van der Waals surface area contributed by atoms with Gasteiger partial charge in [-0.05, 0) is 6.42 Å². The van der Waals surface area contributed by atoms with E-state index in [2.05, 4.69) is 11.7 Å². The van der Waals surface area contributed by atoms with E-state index >= 15 is 0 Å². The van der Waals surface area contributed by atoms with E-state index in [1.807, 2.05) is 0 Å². The molecule has 3 heteroatoms. The van der Waals surface area contributed by atoms with E-state index in [1.54, 1.807) is 0 Å². The smallest absolute Gasteiger partial charge is 0.305 e. The van der Waals surface area contributed by atoms with Gasteiger partial charge in [0.15, 0.2) is 0 Å². The molecule has 0 spiro atoms. The summed E-state index contributed by atoms with van der Waals surface area (Å²) in [6.45, 7) is 2.99. The molecule has 0 aliphatic carbocycles. The lowest BCUT2D eigenvalue weighted by molar-refractivity contribution is -0.192. The summed E-state index contributed by atoms with van der Waals surface area (Å²) in [5.41, 5.74) is 0. The first-order valence-corrected chi connectivity index (χ1v) is 3.27. The molecular formula is C6H12O3. The SMILES string of the molecule is CCCCOC1(O)CO1. The summed E-state index contributed by atoms with van der Waals surface area (Å²) in [6.07, 6.45) is 2.06. The highest BCUT2D eigenvalue weighted by molar-refractivity contribution is 4.65. The average molecular weight is 132 g/mol. The van der Waals surface area contributed by atoms with Gasteiger partial charge >= 0.3 is 5.97 Å². The highest BCUT2D eigenvalue weighted by atomic mass is 16.9. The summed E-state index contributed by atoms with van der Waals surface area (Å²) in [5.74, 6) is -1.20. The molecule has 0 saturated carbocycles. The first kappa shape index (κ1) is 6.99. The van der Waals surface area contributed by atoms with Gasteiger partial charge in [0.2, 0.25) is 0 Å². The molecule has 0 aromatic heterocycles. The van der Waals surface area contributed by atoms with Crippen molar-refractivity contribution in [2.75, 3.05) is 13.2 Å². The Morgan fingerprint density at radius 3 is 2.89 bits per heavy atom. The van der Waals surface area contributed by atoms with Gasteiger partial charge in [0.1, 0.15) is 6.61 Å². The van der Waals surface area contributed by atoms with Crippen LogP contribution in [0.3, 0.4) is 0 Å². The lowest BCUT2D eigenvalue weighted by Crippen LogP contribution is -2.15. The maximum Gasteiger partial charge on any atom is 0.305 e. The Balaban J connectivity index is 1.92. The van der Waals surface area contributed by atoms with Gasteiger partial charge in [0, 0.05) is 0 Å². The largest absolute Gasteiger partial charge is 0.341 e. The van der Waals surface area contributed by atoms with Gasteiger partial charge in [-0.1, -0.05) is 13.3 Å². The minimum absolute atomic E-state index is 0.330. The first-order chi connectivity index (χ1) is 4.27. The van der Waals surface area contributed by atoms with Crippen LogP contribution in [0.1, 0.15) is 19.8 Å². The fraction of sp³-hybridized carbons (Fsp3) is 1.00. The molecule has 1 aliphatic heterocycles. The Hall–Kier alpha value is -0.120. The van der Waals surface area contributed by atoms with E-state index in [-0.39, 0.29) is 0 Å². The Bertz CT molecular complexity index is 88.3. The highest BCUT2D eigenvalue weighted by Crippen LogP contribution is 2.24. The van der Waals surface area contributed by atoms with Crippen LogP contribution in [0, 0.1) is 0 Å². The number of unbranched alkanes of at least 4 members (excludes halogenated alkanes) is 1. The summed E-state index contributed by atoms with van der Waals surface area (Å²) in [7, 11) is 0. The fourth-order valence-electron chi connectivity index (χ4n) is 0.521. The van der Waals surface area contributed by atoms with Crippen LogP contribution in [0.4, 0.5) is 0 Å². The van der Waals surface area contributed by atoms with E-state index in [1.165, 1.54) is 0 Å². The molecule has 1 rings (SSSR count). The van der Waals surface area contributed by atoms with Crippen LogP contribution in [-0.2, 0) is 9.47 Å². The second kappa shape index (κ2) is 2.64. The molecule has 0 radical (unpaired) electrons. The van der Waals surface area contributed by atoms with E-state index in [9.17, 15) is 0 Å². The first-order valence-electron chi connectivity index (χ1n) is 3.27. The molecule has 54 valence electrons. The van der Waals surface area contributed by atoms with Gasteiger partial charge in [-0.15, -0.1) is 0 Å². The number of hydrogen-bond acceptors (Lipinski definition) is 3. The number of ether oxygens (including phenoxy) is 2. The minimum Gasteiger partial charge on any atom is -0.341 e. The predicted molar refractivity (Wildman–Crippen MR) is 31.8 cm³/mol. The molecule has 1 atom stereocenters. The molecular weight excluding hydrogens is 120 g/mol. The van der Waals surface area contributed by atoms with Gasteiger partial charge in [-0.3, -0.25) is 0 Å². The molecule has 0 aromatic rings. The molecule has 0 bridgehead atoms. The molecule has 0 aromatic carbocycles. The Labute approximate surface area is 54.6 Å². The quantitative estimate of drug-likeness (QED) is 0.343. The molecule has 1 fully saturated rings. The standard InChI is InChI=1S/C6H12O3/c1-2-3-4-8-6(7)5-9-6/h7H,2-5H2,1H3. The van der Waals surface area contributed by atoms with Crippen LogP contribution in [-0.4, -0.2) is 24.3 Å². The summed E-state index contributed by atoms with van der Waals surface area (Å²) in [6, 6.07) is 0. The number of hydrogen-bond donors (Lipinski definition) is 1. The van der Waals surface area contributed by atoms with Crippen LogP contribution >= 0.6 is 0 Å². The summed E-state index contributed by atoms with van der Waals surface area (Å²) in [4.78, 5) is 0. The third-order valence-corrected chi connectivity index (χ3v) is 1.22. The van der Waals surface area contributed by atoms with Crippen molar-refractivity contribution in [3.8, 4) is 0 Å². The fourth-order valence-corrected chi connectivity index (χ4v) is 0.521. The zero-order valence-electron chi connectivity index (χ0n) is 5.59. The third-order valence-electron chi connectivity index (χ3n) is 1.22. The van der Waals surface area contributed by atoms with Crippen LogP contribution in [0.5, 0.6) is 0 Å². The van der Waals surface area contributed by atoms with Gasteiger partial charge in [0.05, 0.1) is 6.61 Å². The number of epoxide rings is 1. The second-order valence-corrected chi connectivity index (χ2v) is 2.20. The van der Waals surface area contributed by atoms with Crippen LogP contribution < -0.4 is 0 Å². The van der Waals surface area contributed by atoms with E-state index in [4.69, 9.17) is 9.84 Å². The third kappa shape index (κ3) is 2.30. The maximum absolute atomic E-state index is 8.91. The topological polar surface area (TPSA) is 42.0 Å². The molecule has 1 aliphatic rings. The summed E-state index contributed by atoms with van der Waals surface area (Å²) >= 11 is 0. The molecule has 1 heterocycles. The lowest BCUT2D eigenvalue weighted by Gasteiger charge is -2.03. The lowest BCUT2D eigenvalue weighted by atomic mass is 10.4. The highest BCUT2D eigenvalue weighted by Gasteiger charge is 2.44. The Morgan fingerprint density at radius 2 is 2.44 bits per heavy atom. The summed E-state index contributed by atoms with van der Waals surface area (Å²) < 4.78 is 9.49. The second-order valence-electron chi connectivity index (χ2n) is 2.20. The molecule has 3 nitrogen and oxygen atoms in total. The van der Waals surface area contributed by atoms with Crippen molar-refractivity contribution in [2.45, 2.75) is 25.7 Å².